The minimum Gasteiger partial charge on any atom is -0.487 e. The standard InChI is InChI=1S/C19H29NO2/c1-2-15(9-12-21)14-20-17-13-19(10-5-6-11-19)22-18-8-4-3-7-16(17)18/h3-4,7-8,15,17,20-21H,2,5-6,9-14H2,1H3. The molecule has 1 spiro atoms. The number of aliphatic hydroxyl groups excluding tert-OH is 1. The highest BCUT2D eigenvalue weighted by Gasteiger charge is 2.42. The molecule has 2 aliphatic rings. The largest absolute Gasteiger partial charge is 0.487 e. The Morgan fingerprint density at radius 2 is 2.09 bits per heavy atom. The molecule has 0 amide bonds. The lowest BCUT2D eigenvalue weighted by Gasteiger charge is -2.40. The van der Waals surface area contributed by atoms with Crippen LogP contribution in [0.15, 0.2) is 24.3 Å². The maximum Gasteiger partial charge on any atom is 0.124 e. The molecule has 2 N–H and O–H groups in total. The second-order valence-electron chi connectivity index (χ2n) is 6.98. The van der Waals surface area contributed by atoms with Gasteiger partial charge in [-0.2, -0.15) is 0 Å². The fourth-order valence-electron chi connectivity index (χ4n) is 4.07. The van der Waals surface area contributed by atoms with Gasteiger partial charge in [-0.3, -0.25) is 0 Å². The predicted octanol–water partition coefficient (Wildman–Crippen LogP) is 3.82. The minimum atomic E-state index is 0.0602. The van der Waals surface area contributed by atoms with Crippen LogP contribution in [-0.2, 0) is 0 Å². The summed E-state index contributed by atoms with van der Waals surface area (Å²) in [6.45, 7) is 3.47. The van der Waals surface area contributed by atoms with Crippen molar-refractivity contribution in [3.63, 3.8) is 0 Å². The van der Waals surface area contributed by atoms with E-state index in [-0.39, 0.29) is 12.2 Å². The second-order valence-corrected chi connectivity index (χ2v) is 6.98. The van der Waals surface area contributed by atoms with Crippen LogP contribution >= 0.6 is 0 Å². The van der Waals surface area contributed by atoms with Crippen molar-refractivity contribution in [3.05, 3.63) is 29.8 Å². The molecular weight excluding hydrogens is 274 g/mol. The van der Waals surface area contributed by atoms with Gasteiger partial charge in [0.1, 0.15) is 11.4 Å². The van der Waals surface area contributed by atoms with Gasteiger partial charge in [0, 0.05) is 24.6 Å². The van der Waals surface area contributed by atoms with Gasteiger partial charge in [-0.15, -0.1) is 0 Å². The first-order valence-electron chi connectivity index (χ1n) is 8.88. The zero-order chi connectivity index (χ0) is 15.4. The number of ether oxygens (including phenoxy) is 1. The van der Waals surface area contributed by atoms with Crippen molar-refractivity contribution < 1.29 is 9.84 Å². The van der Waals surface area contributed by atoms with Crippen molar-refractivity contribution in [2.45, 2.75) is 63.5 Å². The van der Waals surface area contributed by atoms with Crippen molar-refractivity contribution in [2.75, 3.05) is 13.2 Å². The molecule has 1 aromatic carbocycles. The van der Waals surface area contributed by atoms with Gasteiger partial charge in [-0.1, -0.05) is 31.5 Å². The quantitative estimate of drug-likeness (QED) is 0.839. The second kappa shape index (κ2) is 7.01. The molecule has 0 radical (unpaired) electrons. The molecule has 3 nitrogen and oxygen atoms in total. The number of aliphatic hydroxyl groups is 1. The van der Waals surface area contributed by atoms with Crippen LogP contribution in [0.25, 0.3) is 0 Å². The molecule has 2 atom stereocenters. The summed E-state index contributed by atoms with van der Waals surface area (Å²) in [7, 11) is 0. The smallest absolute Gasteiger partial charge is 0.124 e. The fraction of sp³-hybridized carbons (Fsp3) is 0.684. The third kappa shape index (κ3) is 3.31. The topological polar surface area (TPSA) is 41.5 Å². The normalized spacial score (nSPS) is 24.0. The highest BCUT2D eigenvalue weighted by molar-refractivity contribution is 5.39. The number of benzene rings is 1. The van der Waals surface area contributed by atoms with E-state index < -0.39 is 0 Å². The van der Waals surface area contributed by atoms with Crippen LogP contribution in [0, 0.1) is 5.92 Å². The van der Waals surface area contributed by atoms with Gasteiger partial charge in [0.05, 0.1) is 0 Å². The van der Waals surface area contributed by atoms with Crippen LogP contribution in [0.1, 0.15) is 63.5 Å². The average molecular weight is 303 g/mol. The fourth-order valence-corrected chi connectivity index (χ4v) is 4.07. The van der Waals surface area contributed by atoms with E-state index in [4.69, 9.17) is 4.74 Å². The summed E-state index contributed by atoms with van der Waals surface area (Å²) in [6, 6.07) is 8.88. The van der Waals surface area contributed by atoms with Crippen molar-refractivity contribution in [1.29, 1.82) is 0 Å². The van der Waals surface area contributed by atoms with E-state index in [1.807, 2.05) is 0 Å². The van der Waals surface area contributed by atoms with Crippen LogP contribution in [0.2, 0.25) is 0 Å². The van der Waals surface area contributed by atoms with E-state index in [9.17, 15) is 5.11 Å². The van der Waals surface area contributed by atoms with Gasteiger partial charge in [-0.05, 0) is 50.6 Å². The van der Waals surface area contributed by atoms with Crippen LogP contribution < -0.4 is 10.1 Å². The van der Waals surface area contributed by atoms with Crippen LogP contribution in [0.5, 0.6) is 5.75 Å². The molecule has 122 valence electrons. The third-order valence-electron chi connectivity index (χ3n) is 5.48. The van der Waals surface area contributed by atoms with Gasteiger partial charge in [0.25, 0.3) is 0 Å². The highest BCUT2D eigenvalue weighted by Crippen LogP contribution is 2.47. The number of nitrogens with one attached hydrogen (secondary N) is 1. The molecule has 3 rings (SSSR count). The zero-order valence-corrected chi connectivity index (χ0v) is 13.7. The third-order valence-corrected chi connectivity index (χ3v) is 5.48. The van der Waals surface area contributed by atoms with E-state index in [0.717, 1.165) is 31.6 Å². The van der Waals surface area contributed by atoms with E-state index in [2.05, 4.69) is 36.5 Å². The first-order chi connectivity index (χ1) is 10.8. The molecule has 1 aliphatic heterocycles. The lowest BCUT2D eigenvalue weighted by molar-refractivity contribution is 0.0359. The summed E-state index contributed by atoms with van der Waals surface area (Å²) < 4.78 is 6.41. The monoisotopic (exact) mass is 303 g/mol. The number of rotatable bonds is 6. The summed E-state index contributed by atoms with van der Waals surface area (Å²) in [5.74, 6) is 1.63. The van der Waals surface area contributed by atoms with Crippen LogP contribution in [0.3, 0.4) is 0 Å². The Hall–Kier alpha value is -1.06. The number of para-hydroxylation sites is 1. The summed E-state index contributed by atoms with van der Waals surface area (Å²) >= 11 is 0. The molecule has 0 saturated heterocycles. The van der Waals surface area contributed by atoms with Crippen LogP contribution in [0.4, 0.5) is 0 Å². The predicted molar refractivity (Wildman–Crippen MR) is 89.1 cm³/mol. The molecule has 1 heterocycles. The van der Waals surface area contributed by atoms with Crippen molar-refractivity contribution >= 4 is 0 Å². The SMILES string of the molecule is CCC(CCO)CNC1CC2(CCCC2)Oc2ccccc21. The Morgan fingerprint density at radius 1 is 1.32 bits per heavy atom. The van der Waals surface area contributed by atoms with Gasteiger partial charge in [0.2, 0.25) is 0 Å². The lowest BCUT2D eigenvalue weighted by atomic mass is 9.85. The van der Waals surface area contributed by atoms with E-state index in [1.165, 1.54) is 31.2 Å². The Bertz CT molecular complexity index is 482. The number of hydrogen-bond donors (Lipinski definition) is 2. The maximum atomic E-state index is 9.18. The summed E-state index contributed by atoms with van der Waals surface area (Å²) in [6.07, 6.45) is 8.04. The van der Waals surface area contributed by atoms with Crippen LogP contribution in [-0.4, -0.2) is 23.9 Å². The number of hydrogen-bond acceptors (Lipinski definition) is 3. The van der Waals surface area contributed by atoms with Crippen molar-refractivity contribution in [1.82, 2.24) is 5.32 Å². The molecule has 0 bridgehead atoms. The molecule has 1 aromatic rings. The maximum absolute atomic E-state index is 9.18. The summed E-state index contributed by atoms with van der Waals surface area (Å²) in [5, 5.41) is 13.0. The lowest BCUT2D eigenvalue weighted by Crippen LogP contribution is -2.43. The summed E-state index contributed by atoms with van der Waals surface area (Å²) in [4.78, 5) is 0. The van der Waals surface area contributed by atoms with Crippen molar-refractivity contribution in [3.8, 4) is 5.75 Å². The average Bonchev–Trinajstić information content (AvgIpc) is 2.98. The molecule has 1 saturated carbocycles. The highest BCUT2D eigenvalue weighted by atomic mass is 16.5. The van der Waals surface area contributed by atoms with Gasteiger partial charge < -0.3 is 15.2 Å². The van der Waals surface area contributed by atoms with Gasteiger partial charge in [-0.25, -0.2) is 0 Å². The Balaban J connectivity index is 1.74. The van der Waals surface area contributed by atoms with Gasteiger partial charge >= 0.3 is 0 Å². The molecule has 22 heavy (non-hydrogen) atoms. The van der Waals surface area contributed by atoms with E-state index in [0.29, 0.717) is 12.0 Å². The van der Waals surface area contributed by atoms with E-state index in [1.54, 1.807) is 0 Å². The molecule has 1 aliphatic carbocycles. The Morgan fingerprint density at radius 3 is 2.82 bits per heavy atom. The Kier molecular flexibility index (Phi) is 5.04. The van der Waals surface area contributed by atoms with Crippen molar-refractivity contribution in [2.24, 2.45) is 5.92 Å². The first-order valence-corrected chi connectivity index (χ1v) is 8.88. The molecule has 3 heteroatoms. The molecule has 0 aromatic heterocycles. The van der Waals surface area contributed by atoms with E-state index >= 15 is 0 Å². The van der Waals surface area contributed by atoms with Gasteiger partial charge in [0.15, 0.2) is 0 Å². The summed E-state index contributed by atoms with van der Waals surface area (Å²) in [5.41, 5.74) is 1.36. The molecule has 2 unspecified atom stereocenters. The first kappa shape index (κ1) is 15.8. The minimum absolute atomic E-state index is 0.0602. The zero-order valence-electron chi connectivity index (χ0n) is 13.7. The number of fused-ring (bicyclic) bond motifs is 1. The molecule has 1 fully saturated rings. The Labute approximate surface area is 134 Å². The molecular formula is C19H29NO2.